The van der Waals surface area contributed by atoms with Gasteiger partial charge in [-0.1, -0.05) is 22.9 Å². The fourth-order valence-corrected chi connectivity index (χ4v) is 3.60. The lowest BCUT2D eigenvalue weighted by Gasteiger charge is -2.31. The van der Waals surface area contributed by atoms with Gasteiger partial charge < -0.3 is 14.2 Å². The van der Waals surface area contributed by atoms with E-state index < -0.39 is 0 Å². The Labute approximate surface area is 168 Å². The van der Waals surface area contributed by atoms with E-state index >= 15 is 0 Å². The smallest absolute Gasteiger partial charge is 0.257 e. The van der Waals surface area contributed by atoms with Crippen LogP contribution >= 0.6 is 0 Å². The Balaban J connectivity index is 1.34. The number of aromatic nitrogens is 4. The molecule has 0 bridgehead atoms. The first-order chi connectivity index (χ1) is 14.1. The van der Waals surface area contributed by atoms with Crippen LogP contribution in [0.25, 0.3) is 5.69 Å². The molecule has 29 heavy (non-hydrogen) atoms. The molecule has 1 aromatic carbocycles. The number of hydrogen-bond acceptors (Lipinski definition) is 6. The second kappa shape index (κ2) is 7.11. The molecule has 5 rings (SSSR count). The summed E-state index contributed by atoms with van der Waals surface area (Å²) in [6.45, 7) is 5.32. The predicted octanol–water partition coefficient (Wildman–Crippen LogP) is 2.96. The van der Waals surface area contributed by atoms with E-state index in [1.54, 1.807) is 15.8 Å². The van der Waals surface area contributed by atoms with Crippen LogP contribution in [0.2, 0.25) is 0 Å². The highest BCUT2D eigenvalue weighted by Gasteiger charge is 2.34. The van der Waals surface area contributed by atoms with Gasteiger partial charge in [-0.3, -0.25) is 4.79 Å². The van der Waals surface area contributed by atoms with Gasteiger partial charge in [0.2, 0.25) is 11.7 Å². The number of nitrogens with zero attached hydrogens (tertiary/aromatic N) is 5. The van der Waals surface area contributed by atoms with Crippen molar-refractivity contribution in [1.82, 2.24) is 24.8 Å². The van der Waals surface area contributed by atoms with Gasteiger partial charge in [-0.25, -0.2) is 4.68 Å². The molecule has 150 valence electrons. The monoisotopic (exact) mass is 393 g/mol. The Morgan fingerprint density at radius 1 is 1.17 bits per heavy atom. The van der Waals surface area contributed by atoms with E-state index in [0.717, 1.165) is 24.2 Å². The quantitative estimate of drug-likeness (QED) is 0.677. The number of hydrogen-bond donors (Lipinski definition) is 0. The molecular formula is C21H23N5O3. The number of morpholine rings is 1. The number of amides is 1. The van der Waals surface area contributed by atoms with Crippen molar-refractivity contribution < 1.29 is 14.1 Å². The van der Waals surface area contributed by atoms with Crippen LogP contribution in [0.15, 0.2) is 35.0 Å². The minimum absolute atomic E-state index is 0.0555. The fraction of sp³-hybridized carbons (Fsp3) is 0.429. The minimum Gasteiger partial charge on any atom is -0.366 e. The van der Waals surface area contributed by atoms with Crippen LogP contribution in [0.5, 0.6) is 0 Å². The highest BCUT2D eigenvalue weighted by Crippen LogP contribution is 2.39. The first-order valence-corrected chi connectivity index (χ1v) is 9.96. The molecule has 2 aromatic heterocycles. The van der Waals surface area contributed by atoms with Crippen molar-refractivity contribution in [2.24, 2.45) is 0 Å². The van der Waals surface area contributed by atoms with Crippen LogP contribution in [0.3, 0.4) is 0 Å². The fourth-order valence-electron chi connectivity index (χ4n) is 3.60. The molecule has 2 fully saturated rings. The van der Waals surface area contributed by atoms with Crippen LogP contribution in [-0.4, -0.2) is 50.4 Å². The molecule has 0 N–H and O–H groups in total. The normalized spacial score (nSPS) is 19.5. The van der Waals surface area contributed by atoms with Crippen molar-refractivity contribution in [3.63, 3.8) is 0 Å². The van der Waals surface area contributed by atoms with Crippen molar-refractivity contribution >= 4 is 5.91 Å². The molecule has 1 amide bonds. The van der Waals surface area contributed by atoms with Crippen molar-refractivity contribution in [3.05, 3.63) is 59.0 Å². The van der Waals surface area contributed by atoms with E-state index in [0.29, 0.717) is 42.9 Å². The Kier molecular flexibility index (Phi) is 4.43. The second-order valence-corrected chi connectivity index (χ2v) is 7.77. The van der Waals surface area contributed by atoms with E-state index in [1.807, 2.05) is 38.1 Å². The second-order valence-electron chi connectivity index (χ2n) is 7.77. The van der Waals surface area contributed by atoms with Gasteiger partial charge in [0.25, 0.3) is 5.91 Å². The molecule has 1 saturated carbocycles. The van der Waals surface area contributed by atoms with E-state index in [1.165, 1.54) is 5.56 Å². The summed E-state index contributed by atoms with van der Waals surface area (Å²) in [4.78, 5) is 19.4. The zero-order valence-corrected chi connectivity index (χ0v) is 16.5. The third kappa shape index (κ3) is 3.44. The average Bonchev–Trinajstić information content (AvgIpc) is 3.35. The lowest BCUT2D eigenvalue weighted by Crippen LogP contribution is -2.42. The summed E-state index contributed by atoms with van der Waals surface area (Å²) in [5.74, 6) is 1.55. The SMILES string of the molecule is Cc1ccc(-n2ncc(C(=O)N3CCOC(c4noc(C5CC5)n4)C3)c2C)cc1. The number of aryl methyl sites for hydroxylation is 1. The molecule has 0 radical (unpaired) electrons. The molecule has 1 unspecified atom stereocenters. The van der Waals surface area contributed by atoms with Crippen molar-refractivity contribution in [3.8, 4) is 5.69 Å². The van der Waals surface area contributed by atoms with Gasteiger partial charge in [0.15, 0.2) is 0 Å². The highest BCUT2D eigenvalue weighted by atomic mass is 16.5. The molecule has 3 heterocycles. The molecule has 8 nitrogen and oxygen atoms in total. The maximum atomic E-state index is 13.2. The Bertz CT molecular complexity index is 1040. The summed E-state index contributed by atoms with van der Waals surface area (Å²) >= 11 is 0. The summed E-state index contributed by atoms with van der Waals surface area (Å²) in [6.07, 6.45) is 3.47. The largest absolute Gasteiger partial charge is 0.366 e. The zero-order chi connectivity index (χ0) is 20.0. The third-order valence-electron chi connectivity index (χ3n) is 5.54. The summed E-state index contributed by atoms with van der Waals surface area (Å²) in [5.41, 5.74) is 3.53. The van der Waals surface area contributed by atoms with Crippen LogP contribution in [0.4, 0.5) is 0 Å². The molecular weight excluding hydrogens is 370 g/mol. The number of benzene rings is 1. The zero-order valence-electron chi connectivity index (χ0n) is 16.5. The third-order valence-corrected chi connectivity index (χ3v) is 5.54. The van der Waals surface area contributed by atoms with Gasteiger partial charge in [0, 0.05) is 12.5 Å². The summed E-state index contributed by atoms with van der Waals surface area (Å²) in [5, 5.41) is 8.51. The predicted molar refractivity (Wildman–Crippen MR) is 104 cm³/mol. The average molecular weight is 393 g/mol. The minimum atomic E-state index is -0.364. The topological polar surface area (TPSA) is 86.3 Å². The Morgan fingerprint density at radius 2 is 1.97 bits per heavy atom. The van der Waals surface area contributed by atoms with Gasteiger partial charge in [-0.05, 0) is 38.8 Å². The number of carbonyl (C=O) groups excluding carboxylic acids is 1. The number of carbonyl (C=O) groups is 1. The highest BCUT2D eigenvalue weighted by molar-refractivity contribution is 5.95. The maximum Gasteiger partial charge on any atom is 0.257 e. The molecule has 3 aromatic rings. The molecule has 1 aliphatic carbocycles. The van der Waals surface area contributed by atoms with Crippen LogP contribution < -0.4 is 0 Å². The van der Waals surface area contributed by atoms with Crippen LogP contribution in [0.1, 0.15) is 58.2 Å². The first-order valence-electron chi connectivity index (χ1n) is 9.96. The van der Waals surface area contributed by atoms with Crippen LogP contribution in [0, 0.1) is 13.8 Å². The lowest BCUT2D eigenvalue weighted by molar-refractivity contribution is -0.0276. The molecule has 1 aliphatic heterocycles. The van der Waals surface area contributed by atoms with E-state index in [-0.39, 0.29) is 12.0 Å². The van der Waals surface area contributed by atoms with Crippen LogP contribution in [-0.2, 0) is 4.74 Å². The van der Waals surface area contributed by atoms with Gasteiger partial charge in [0.05, 0.1) is 36.3 Å². The number of rotatable bonds is 4. The first kappa shape index (κ1) is 18.1. The Morgan fingerprint density at radius 3 is 2.72 bits per heavy atom. The van der Waals surface area contributed by atoms with E-state index in [2.05, 4.69) is 15.2 Å². The molecule has 2 aliphatic rings. The van der Waals surface area contributed by atoms with Gasteiger partial charge in [0.1, 0.15) is 6.10 Å². The molecule has 8 heteroatoms. The van der Waals surface area contributed by atoms with Gasteiger partial charge >= 0.3 is 0 Å². The summed E-state index contributed by atoms with van der Waals surface area (Å²) in [7, 11) is 0. The van der Waals surface area contributed by atoms with Crippen molar-refractivity contribution in [2.75, 3.05) is 19.7 Å². The van der Waals surface area contributed by atoms with Gasteiger partial charge in [-0.15, -0.1) is 0 Å². The standard InChI is InChI=1S/C21H23N5O3/c1-13-3-7-16(8-4-13)26-14(2)17(11-22-26)21(27)25-9-10-28-18(12-25)19-23-20(29-24-19)15-5-6-15/h3-4,7-8,11,15,18H,5-6,9-10,12H2,1-2H3. The molecule has 1 saturated heterocycles. The van der Waals surface area contributed by atoms with Crippen molar-refractivity contribution in [1.29, 1.82) is 0 Å². The van der Waals surface area contributed by atoms with Gasteiger partial charge in [-0.2, -0.15) is 10.1 Å². The Hall–Kier alpha value is -3.00. The molecule has 1 atom stereocenters. The van der Waals surface area contributed by atoms with E-state index in [4.69, 9.17) is 9.26 Å². The number of ether oxygens (including phenoxy) is 1. The summed E-state index contributed by atoms with van der Waals surface area (Å²) < 4.78 is 13.0. The molecule has 0 spiro atoms. The summed E-state index contributed by atoms with van der Waals surface area (Å²) in [6, 6.07) is 8.07. The maximum absolute atomic E-state index is 13.2. The van der Waals surface area contributed by atoms with E-state index in [9.17, 15) is 4.79 Å². The van der Waals surface area contributed by atoms with Crippen molar-refractivity contribution in [2.45, 2.75) is 38.7 Å². The lowest BCUT2D eigenvalue weighted by atomic mass is 10.2.